The van der Waals surface area contributed by atoms with Gasteiger partial charge in [-0.1, -0.05) is 26.3 Å². The minimum Gasteiger partial charge on any atom is -0.491 e. The minimum atomic E-state index is 0.608. The molecule has 1 aliphatic rings. The predicted molar refractivity (Wildman–Crippen MR) is 81.2 cm³/mol. The second-order valence-corrected chi connectivity index (χ2v) is 5.53. The van der Waals surface area contributed by atoms with Crippen LogP contribution < -0.4 is 15.0 Å². The molecular formula is C16H26N2O. The summed E-state index contributed by atoms with van der Waals surface area (Å²) >= 11 is 0. The molecule has 1 saturated heterocycles. The maximum absolute atomic E-state index is 6.04. The van der Waals surface area contributed by atoms with Crippen molar-refractivity contribution in [1.82, 2.24) is 5.32 Å². The molecule has 2 rings (SSSR count). The van der Waals surface area contributed by atoms with Gasteiger partial charge in [-0.25, -0.2) is 0 Å². The Bertz CT molecular complexity index is 400. The second-order valence-electron chi connectivity index (χ2n) is 5.53. The van der Waals surface area contributed by atoms with Gasteiger partial charge in [0.05, 0.1) is 12.3 Å². The number of hydrogen-bond acceptors (Lipinski definition) is 3. The molecule has 1 atom stereocenters. The van der Waals surface area contributed by atoms with Crippen LogP contribution in [0.15, 0.2) is 18.2 Å². The molecule has 1 heterocycles. The Morgan fingerprint density at radius 3 is 2.74 bits per heavy atom. The van der Waals surface area contributed by atoms with E-state index in [-0.39, 0.29) is 0 Å². The smallest absolute Gasteiger partial charge is 0.142 e. The zero-order valence-corrected chi connectivity index (χ0v) is 12.4. The highest BCUT2D eigenvalue weighted by Gasteiger charge is 2.15. The van der Waals surface area contributed by atoms with Gasteiger partial charge in [0.1, 0.15) is 5.75 Å². The predicted octanol–water partition coefficient (Wildman–Crippen LogP) is 2.83. The fourth-order valence-electron chi connectivity index (χ4n) is 2.25. The third-order valence-electron chi connectivity index (χ3n) is 3.79. The van der Waals surface area contributed by atoms with Crippen molar-refractivity contribution >= 4 is 5.69 Å². The van der Waals surface area contributed by atoms with E-state index in [0.29, 0.717) is 5.92 Å². The number of nitrogens with one attached hydrogen (secondary N) is 1. The van der Waals surface area contributed by atoms with E-state index < -0.39 is 0 Å². The van der Waals surface area contributed by atoms with Crippen LogP contribution in [0.25, 0.3) is 0 Å². The number of rotatable bonds is 5. The van der Waals surface area contributed by atoms with Crippen molar-refractivity contribution in [2.45, 2.75) is 27.2 Å². The largest absolute Gasteiger partial charge is 0.491 e. The van der Waals surface area contributed by atoms with Crippen molar-refractivity contribution in [3.63, 3.8) is 0 Å². The molecule has 1 fully saturated rings. The number of hydrogen-bond donors (Lipinski definition) is 1. The molecule has 0 aromatic heterocycles. The highest BCUT2D eigenvalue weighted by Crippen LogP contribution is 2.30. The molecule has 0 spiro atoms. The van der Waals surface area contributed by atoms with Crippen molar-refractivity contribution in [3.8, 4) is 5.75 Å². The summed E-state index contributed by atoms with van der Waals surface area (Å²) in [5.74, 6) is 1.64. The van der Waals surface area contributed by atoms with Gasteiger partial charge >= 0.3 is 0 Å². The highest BCUT2D eigenvalue weighted by atomic mass is 16.5. The topological polar surface area (TPSA) is 24.5 Å². The van der Waals surface area contributed by atoms with Gasteiger partial charge in [-0.05, 0) is 30.5 Å². The quantitative estimate of drug-likeness (QED) is 0.883. The third kappa shape index (κ3) is 3.87. The summed E-state index contributed by atoms with van der Waals surface area (Å²) in [7, 11) is 0. The van der Waals surface area contributed by atoms with Gasteiger partial charge in [0.15, 0.2) is 0 Å². The zero-order chi connectivity index (χ0) is 13.7. The number of nitrogens with zero attached hydrogens (tertiary/aromatic N) is 1. The van der Waals surface area contributed by atoms with E-state index in [2.05, 4.69) is 49.2 Å². The molecule has 1 aliphatic heterocycles. The summed E-state index contributed by atoms with van der Waals surface area (Å²) in [5, 5.41) is 3.40. The van der Waals surface area contributed by atoms with Crippen LogP contribution in [0.2, 0.25) is 0 Å². The number of benzene rings is 1. The lowest BCUT2D eigenvalue weighted by molar-refractivity contribution is 0.256. The van der Waals surface area contributed by atoms with Crippen molar-refractivity contribution in [1.29, 1.82) is 0 Å². The summed E-state index contributed by atoms with van der Waals surface area (Å²) in [6.07, 6.45) is 1.16. The Hall–Kier alpha value is -1.22. The molecule has 3 heteroatoms. The lowest BCUT2D eigenvalue weighted by atomic mass is 10.1. The lowest BCUT2D eigenvalue weighted by Gasteiger charge is -2.31. The summed E-state index contributed by atoms with van der Waals surface area (Å²) in [6, 6.07) is 6.50. The van der Waals surface area contributed by atoms with Gasteiger partial charge in [0.25, 0.3) is 0 Å². The van der Waals surface area contributed by atoms with E-state index in [1.165, 1.54) is 11.3 Å². The third-order valence-corrected chi connectivity index (χ3v) is 3.79. The maximum atomic E-state index is 6.04. The second kappa shape index (κ2) is 6.80. The molecule has 3 nitrogen and oxygen atoms in total. The monoisotopic (exact) mass is 262 g/mol. The average molecular weight is 262 g/mol. The molecule has 0 radical (unpaired) electrons. The van der Waals surface area contributed by atoms with Crippen molar-refractivity contribution < 1.29 is 4.74 Å². The van der Waals surface area contributed by atoms with Crippen molar-refractivity contribution in [2.75, 3.05) is 37.7 Å². The van der Waals surface area contributed by atoms with Crippen LogP contribution in [0, 0.1) is 12.8 Å². The minimum absolute atomic E-state index is 0.608. The normalized spacial score (nSPS) is 17.3. The molecule has 1 aromatic rings. The number of ether oxygens (including phenoxy) is 1. The van der Waals surface area contributed by atoms with E-state index in [1.54, 1.807) is 0 Å². The zero-order valence-electron chi connectivity index (χ0n) is 12.4. The molecule has 106 valence electrons. The van der Waals surface area contributed by atoms with Crippen LogP contribution in [0.1, 0.15) is 25.8 Å². The van der Waals surface area contributed by atoms with Crippen LogP contribution in [0.3, 0.4) is 0 Å². The summed E-state index contributed by atoms with van der Waals surface area (Å²) in [5.41, 5.74) is 2.55. The van der Waals surface area contributed by atoms with E-state index in [1.807, 2.05) is 0 Å². The summed E-state index contributed by atoms with van der Waals surface area (Å²) in [4.78, 5) is 2.43. The summed E-state index contributed by atoms with van der Waals surface area (Å²) in [6.45, 7) is 11.6. The molecule has 1 unspecified atom stereocenters. The van der Waals surface area contributed by atoms with Crippen molar-refractivity contribution in [2.24, 2.45) is 5.92 Å². The molecule has 0 bridgehead atoms. The first-order valence-corrected chi connectivity index (χ1v) is 7.39. The van der Waals surface area contributed by atoms with Gasteiger partial charge < -0.3 is 15.0 Å². The van der Waals surface area contributed by atoms with Crippen LogP contribution >= 0.6 is 0 Å². The Morgan fingerprint density at radius 2 is 2.05 bits per heavy atom. The van der Waals surface area contributed by atoms with Gasteiger partial charge in [-0.3, -0.25) is 0 Å². The Labute approximate surface area is 116 Å². The van der Waals surface area contributed by atoms with Gasteiger partial charge in [0.2, 0.25) is 0 Å². The van der Waals surface area contributed by atoms with Crippen LogP contribution in [-0.4, -0.2) is 32.8 Å². The molecule has 0 aliphatic carbocycles. The first-order valence-electron chi connectivity index (χ1n) is 7.39. The number of aryl methyl sites for hydroxylation is 1. The van der Waals surface area contributed by atoms with Gasteiger partial charge in [0, 0.05) is 26.2 Å². The Morgan fingerprint density at radius 1 is 1.32 bits per heavy atom. The first-order chi connectivity index (χ1) is 9.20. The standard InChI is InChI=1S/C16H26N2O/c1-4-13(2)12-19-16-6-5-14(3)11-15(16)18-9-7-17-8-10-18/h5-6,11,13,17H,4,7-10,12H2,1-3H3. The number of anilines is 1. The molecule has 0 amide bonds. The number of piperazine rings is 1. The average Bonchev–Trinajstić information content (AvgIpc) is 2.46. The van der Waals surface area contributed by atoms with Crippen LogP contribution in [0.5, 0.6) is 5.75 Å². The SMILES string of the molecule is CCC(C)COc1ccc(C)cc1N1CCNCC1. The summed E-state index contributed by atoms with van der Waals surface area (Å²) < 4.78 is 6.04. The van der Waals surface area contributed by atoms with E-state index in [4.69, 9.17) is 4.74 Å². The fourth-order valence-corrected chi connectivity index (χ4v) is 2.25. The molecule has 19 heavy (non-hydrogen) atoms. The van der Waals surface area contributed by atoms with E-state index >= 15 is 0 Å². The Balaban J connectivity index is 2.12. The highest BCUT2D eigenvalue weighted by molar-refractivity contribution is 5.60. The van der Waals surface area contributed by atoms with E-state index in [9.17, 15) is 0 Å². The Kier molecular flexibility index (Phi) is 5.08. The van der Waals surface area contributed by atoms with Crippen molar-refractivity contribution in [3.05, 3.63) is 23.8 Å². The van der Waals surface area contributed by atoms with Crippen LogP contribution in [-0.2, 0) is 0 Å². The molecular weight excluding hydrogens is 236 g/mol. The van der Waals surface area contributed by atoms with Gasteiger partial charge in [-0.2, -0.15) is 0 Å². The molecule has 1 N–H and O–H groups in total. The first kappa shape index (κ1) is 14.2. The fraction of sp³-hybridized carbons (Fsp3) is 0.625. The lowest BCUT2D eigenvalue weighted by Crippen LogP contribution is -2.43. The molecule has 0 saturated carbocycles. The van der Waals surface area contributed by atoms with Gasteiger partial charge in [-0.15, -0.1) is 0 Å². The van der Waals surface area contributed by atoms with Crippen LogP contribution in [0.4, 0.5) is 5.69 Å². The maximum Gasteiger partial charge on any atom is 0.142 e. The molecule has 1 aromatic carbocycles. The van der Waals surface area contributed by atoms with E-state index in [0.717, 1.165) is 45.0 Å².